The smallest absolute Gasteiger partial charge is 0.181 e. The normalized spacial score (nSPS) is 12.3. The summed E-state index contributed by atoms with van der Waals surface area (Å²) in [5, 5.41) is 0.333. The van der Waals surface area contributed by atoms with E-state index in [1.807, 2.05) is 6.92 Å². The van der Waals surface area contributed by atoms with E-state index >= 15 is 0 Å². The zero-order chi connectivity index (χ0) is 11.6. The first-order valence-electron chi connectivity index (χ1n) is 4.62. The molecular formula is C11H14ClNO2. The van der Waals surface area contributed by atoms with Crippen molar-refractivity contribution in [1.29, 1.82) is 0 Å². The number of halogens is 1. The first kappa shape index (κ1) is 12.0. The van der Waals surface area contributed by atoms with Gasteiger partial charge in [0.15, 0.2) is 5.78 Å². The van der Waals surface area contributed by atoms with Gasteiger partial charge in [0.1, 0.15) is 5.75 Å². The van der Waals surface area contributed by atoms with Crippen LogP contribution in [0, 0.1) is 6.92 Å². The van der Waals surface area contributed by atoms with Crippen molar-refractivity contribution in [3.05, 3.63) is 28.3 Å². The van der Waals surface area contributed by atoms with Crippen molar-refractivity contribution in [2.24, 2.45) is 5.73 Å². The van der Waals surface area contributed by atoms with Crippen LogP contribution in [0.3, 0.4) is 0 Å². The number of carbonyl (C=O) groups excluding carboxylic acids is 1. The second-order valence-electron chi connectivity index (χ2n) is 3.43. The lowest BCUT2D eigenvalue weighted by molar-refractivity contribution is 0.0967. The standard InChI is InChI=1S/C11H14ClNO2/c1-6-4-5-8(15-3)10(12)9(6)11(14)7(2)13/h4-5,7H,13H2,1-3H3. The largest absolute Gasteiger partial charge is 0.495 e. The van der Waals surface area contributed by atoms with Gasteiger partial charge < -0.3 is 10.5 Å². The Morgan fingerprint density at radius 1 is 1.53 bits per heavy atom. The zero-order valence-corrected chi connectivity index (χ0v) is 9.76. The molecule has 0 aliphatic rings. The van der Waals surface area contributed by atoms with E-state index in [9.17, 15) is 4.79 Å². The molecule has 0 bridgehead atoms. The van der Waals surface area contributed by atoms with Crippen molar-refractivity contribution in [1.82, 2.24) is 0 Å². The molecule has 1 aromatic carbocycles. The van der Waals surface area contributed by atoms with Gasteiger partial charge in [-0.2, -0.15) is 0 Å². The average molecular weight is 228 g/mol. The van der Waals surface area contributed by atoms with Crippen LogP contribution in [0.4, 0.5) is 0 Å². The van der Waals surface area contributed by atoms with Crippen molar-refractivity contribution in [3.63, 3.8) is 0 Å². The Kier molecular flexibility index (Phi) is 3.72. The van der Waals surface area contributed by atoms with Crippen molar-refractivity contribution in [3.8, 4) is 5.75 Å². The molecule has 3 nitrogen and oxygen atoms in total. The summed E-state index contributed by atoms with van der Waals surface area (Å²) in [6, 6.07) is 2.96. The highest BCUT2D eigenvalue weighted by atomic mass is 35.5. The molecule has 0 saturated heterocycles. The Morgan fingerprint density at radius 2 is 2.13 bits per heavy atom. The van der Waals surface area contributed by atoms with Crippen molar-refractivity contribution < 1.29 is 9.53 Å². The third-order valence-corrected chi connectivity index (χ3v) is 2.57. The molecule has 0 spiro atoms. The van der Waals surface area contributed by atoms with Crippen LogP contribution in [-0.2, 0) is 0 Å². The molecule has 0 aromatic heterocycles. The van der Waals surface area contributed by atoms with E-state index in [0.29, 0.717) is 16.3 Å². The van der Waals surface area contributed by atoms with E-state index in [-0.39, 0.29) is 5.78 Å². The van der Waals surface area contributed by atoms with Gasteiger partial charge in [0.05, 0.1) is 18.2 Å². The fourth-order valence-electron chi connectivity index (χ4n) is 1.34. The lowest BCUT2D eigenvalue weighted by atomic mass is 10.0. The summed E-state index contributed by atoms with van der Waals surface area (Å²) >= 11 is 6.05. The molecule has 1 unspecified atom stereocenters. The Hall–Kier alpha value is -1.06. The number of nitrogens with two attached hydrogens (primary N) is 1. The predicted molar refractivity (Wildman–Crippen MR) is 60.7 cm³/mol. The molecule has 15 heavy (non-hydrogen) atoms. The first-order chi connectivity index (χ1) is 6.99. The summed E-state index contributed by atoms with van der Waals surface area (Å²) in [7, 11) is 1.51. The van der Waals surface area contributed by atoms with Gasteiger partial charge in [-0.3, -0.25) is 4.79 Å². The van der Waals surface area contributed by atoms with E-state index < -0.39 is 6.04 Å². The molecule has 1 rings (SSSR count). The van der Waals surface area contributed by atoms with E-state index in [2.05, 4.69) is 0 Å². The Bertz CT molecular complexity index is 388. The third-order valence-electron chi connectivity index (χ3n) is 2.19. The second kappa shape index (κ2) is 4.64. The van der Waals surface area contributed by atoms with Gasteiger partial charge >= 0.3 is 0 Å². The molecule has 0 fully saturated rings. The lowest BCUT2D eigenvalue weighted by Gasteiger charge is -2.12. The van der Waals surface area contributed by atoms with Crippen LogP contribution >= 0.6 is 11.6 Å². The van der Waals surface area contributed by atoms with Crippen LogP contribution in [0.25, 0.3) is 0 Å². The Labute approximate surface area is 94.2 Å². The van der Waals surface area contributed by atoms with Gasteiger partial charge in [-0.15, -0.1) is 0 Å². The molecule has 4 heteroatoms. The van der Waals surface area contributed by atoms with Gasteiger partial charge in [-0.1, -0.05) is 17.7 Å². The first-order valence-corrected chi connectivity index (χ1v) is 4.99. The fourth-order valence-corrected chi connectivity index (χ4v) is 1.72. The molecule has 0 amide bonds. The Balaban J connectivity index is 3.33. The minimum absolute atomic E-state index is 0.170. The van der Waals surface area contributed by atoms with Crippen LogP contribution < -0.4 is 10.5 Å². The van der Waals surface area contributed by atoms with Gasteiger partial charge in [0.2, 0.25) is 0 Å². The summed E-state index contributed by atoms with van der Waals surface area (Å²) in [6.45, 7) is 3.46. The predicted octanol–water partition coefficient (Wildman–Crippen LogP) is 2.19. The summed E-state index contributed by atoms with van der Waals surface area (Å²) in [5.74, 6) is 0.322. The number of carbonyl (C=O) groups is 1. The molecule has 82 valence electrons. The maximum Gasteiger partial charge on any atom is 0.181 e. The van der Waals surface area contributed by atoms with Crippen LogP contribution in [0.1, 0.15) is 22.8 Å². The maximum atomic E-state index is 11.8. The molecule has 2 N–H and O–H groups in total. The molecule has 0 radical (unpaired) electrons. The Morgan fingerprint density at radius 3 is 2.60 bits per heavy atom. The quantitative estimate of drug-likeness (QED) is 0.806. The number of hydrogen-bond acceptors (Lipinski definition) is 3. The molecule has 1 atom stereocenters. The van der Waals surface area contributed by atoms with Crippen molar-refractivity contribution in [2.75, 3.05) is 7.11 Å². The number of Topliss-reactive ketones (excluding diaryl/α,β-unsaturated/α-hetero) is 1. The van der Waals surface area contributed by atoms with Crippen molar-refractivity contribution >= 4 is 17.4 Å². The van der Waals surface area contributed by atoms with Gasteiger partial charge in [-0.25, -0.2) is 0 Å². The van der Waals surface area contributed by atoms with Crippen LogP contribution in [0.15, 0.2) is 12.1 Å². The van der Waals surface area contributed by atoms with Crippen LogP contribution in [-0.4, -0.2) is 18.9 Å². The molecule has 0 saturated carbocycles. The monoisotopic (exact) mass is 227 g/mol. The van der Waals surface area contributed by atoms with Crippen LogP contribution in [0.5, 0.6) is 5.75 Å². The number of benzene rings is 1. The van der Waals surface area contributed by atoms with Gasteiger partial charge in [0.25, 0.3) is 0 Å². The minimum atomic E-state index is -0.562. The zero-order valence-electron chi connectivity index (χ0n) is 9.00. The SMILES string of the molecule is COc1ccc(C)c(C(=O)C(C)N)c1Cl. The third kappa shape index (κ3) is 2.30. The summed E-state index contributed by atoms with van der Waals surface area (Å²) < 4.78 is 5.05. The van der Waals surface area contributed by atoms with E-state index in [4.69, 9.17) is 22.1 Å². The summed E-state index contributed by atoms with van der Waals surface area (Å²) in [6.07, 6.45) is 0. The highest BCUT2D eigenvalue weighted by Gasteiger charge is 2.19. The highest BCUT2D eigenvalue weighted by Crippen LogP contribution is 2.30. The summed E-state index contributed by atoms with van der Waals surface area (Å²) in [5.41, 5.74) is 6.81. The number of methoxy groups -OCH3 is 1. The molecular weight excluding hydrogens is 214 g/mol. The number of aryl methyl sites for hydroxylation is 1. The molecule has 0 aliphatic carbocycles. The van der Waals surface area contributed by atoms with Gasteiger partial charge in [0, 0.05) is 5.56 Å². The maximum absolute atomic E-state index is 11.8. The number of ether oxygens (including phenoxy) is 1. The van der Waals surface area contributed by atoms with Crippen LogP contribution in [0.2, 0.25) is 5.02 Å². The van der Waals surface area contributed by atoms with Crippen molar-refractivity contribution in [2.45, 2.75) is 19.9 Å². The minimum Gasteiger partial charge on any atom is -0.495 e. The molecule has 1 aromatic rings. The lowest BCUT2D eigenvalue weighted by Crippen LogP contribution is -2.27. The fraction of sp³-hybridized carbons (Fsp3) is 0.364. The van der Waals surface area contributed by atoms with E-state index in [1.165, 1.54) is 7.11 Å². The topological polar surface area (TPSA) is 52.3 Å². The average Bonchev–Trinajstić information content (AvgIpc) is 2.17. The molecule has 0 heterocycles. The number of rotatable bonds is 3. The second-order valence-corrected chi connectivity index (χ2v) is 3.80. The van der Waals surface area contributed by atoms with Gasteiger partial charge in [-0.05, 0) is 25.5 Å². The number of hydrogen-bond donors (Lipinski definition) is 1. The summed E-state index contributed by atoms with van der Waals surface area (Å²) in [4.78, 5) is 11.8. The van der Waals surface area contributed by atoms with E-state index in [1.54, 1.807) is 19.1 Å². The van der Waals surface area contributed by atoms with E-state index in [0.717, 1.165) is 5.56 Å². The number of ketones is 1. The highest BCUT2D eigenvalue weighted by molar-refractivity contribution is 6.35. The molecule has 0 aliphatic heterocycles.